The van der Waals surface area contributed by atoms with E-state index in [0.29, 0.717) is 24.8 Å². The van der Waals surface area contributed by atoms with Gasteiger partial charge >= 0.3 is 5.97 Å². The van der Waals surface area contributed by atoms with E-state index in [4.69, 9.17) is 4.74 Å². The molecular formula is C20H30O4. The van der Waals surface area contributed by atoms with E-state index >= 15 is 0 Å². The molecule has 1 N–H and O–H groups in total. The van der Waals surface area contributed by atoms with Gasteiger partial charge in [0.1, 0.15) is 11.9 Å². The minimum Gasteiger partial charge on any atom is -0.454 e. The minimum absolute atomic E-state index is 0.00872. The number of fused-ring (bicyclic) bond motifs is 1. The van der Waals surface area contributed by atoms with Crippen molar-refractivity contribution in [3.8, 4) is 0 Å². The van der Waals surface area contributed by atoms with E-state index in [1.54, 1.807) is 26.8 Å². The molecule has 4 unspecified atom stereocenters. The van der Waals surface area contributed by atoms with Crippen LogP contribution in [0.5, 0.6) is 0 Å². The van der Waals surface area contributed by atoms with Crippen LogP contribution in [0.15, 0.2) is 23.3 Å². The third kappa shape index (κ3) is 2.75. The van der Waals surface area contributed by atoms with Crippen LogP contribution < -0.4 is 0 Å². The van der Waals surface area contributed by atoms with Gasteiger partial charge in [0.15, 0.2) is 0 Å². The Balaban J connectivity index is 2.50. The second-order valence-electron chi connectivity index (χ2n) is 7.92. The van der Waals surface area contributed by atoms with Crippen molar-refractivity contribution in [2.24, 2.45) is 17.3 Å². The van der Waals surface area contributed by atoms with Gasteiger partial charge in [-0.3, -0.25) is 4.79 Å². The molecule has 0 spiro atoms. The predicted octanol–water partition coefficient (Wildman–Crippen LogP) is 3.59. The van der Waals surface area contributed by atoms with Crippen LogP contribution in [0.2, 0.25) is 0 Å². The summed E-state index contributed by atoms with van der Waals surface area (Å²) in [6, 6.07) is 0. The normalized spacial score (nSPS) is 37.1. The Morgan fingerprint density at radius 3 is 2.62 bits per heavy atom. The highest BCUT2D eigenvalue weighted by atomic mass is 16.5. The molecule has 134 valence electrons. The summed E-state index contributed by atoms with van der Waals surface area (Å²) < 4.78 is 5.71. The van der Waals surface area contributed by atoms with Gasteiger partial charge in [0, 0.05) is 12.0 Å². The average Bonchev–Trinajstić information content (AvgIpc) is 2.67. The summed E-state index contributed by atoms with van der Waals surface area (Å²) in [5.41, 5.74) is -0.696. The van der Waals surface area contributed by atoms with Crippen molar-refractivity contribution in [3.05, 3.63) is 23.3 Å². The van der Waals surface area contributed by atoms with E-state index in [-0.39, 0.29) is 17.6 Å². The van der Waals surface area contributed by atoms with Gasteiger partial charge in [-0.25, -0.2) is 4.79 Å². The molecular weight excluding hydrogens is 304 g/mol. The molecule has 0 heterocycles. The number of aliphatic hydroxyl groups is 1. The van der Waals surface area contributed by atoms with Gasteiger partial charge in [-0.1, -0.05) is 25.5 Å². The first kappa shape index (κ1) is 18.9. The molecule has 0 saturated heterocycles. The molecule has 0 aromatic heterocycles. The van der Waals surface area contributed by atoms with Crippen molar-refractivity contribution >= 4 is 11.8 Å². The van der Waals surface area contributed by atoms with E-state index < -0.39 is 23.1 Å². The molecule has 4 heteroatoms. The largest absolute Gasteiger partial charge is 0.454 e. The molecule has 4 atom stereocenters. The van der Waals surface area contributed by atoms with E-state index in [1.165, 1.54) is 0 Å². The SMILES string of the molecule is CC=C(C)C(=O)OC1C=C(C)CCC2(O)C(C(C)C)CC(=O)C12C. The first-order chi connectivity index (χ1) is 11.1. The highest BCUT2D eigenvalue weighted by molar-refractivity contribution is 5.92. The van der Waals surface area contributed by atoms with Crippen molar-refractivity contribution in [3.63, 3.8) is 0 Å². The Labute approximate surface area is 145 Å². The summed E-state index contributed by atoms with van der Waals surface area (Å²) in [4.78, 5) is 25.3. The van der Waals surface area contributed by atoms with Crippen LogP contribution in [0.25, 0.3) is 0 Å². The zero-order valence-corrected chi connectivity index (χ0v) is 15.7. The van der Waals surface area contributed by atoms with Crippen LogP contribution in [-0.4, -0.2) is 28.6 Å². The third-order valence-corrected chi connectivity index (χ3v) is 6.20. The Bertz CT molecular complexity index is 601. The van der Waals surface area contributed by atoms with Crippen LogP contribution in [-0.2, 0) is 14.3 Å². The van der Waals surface area contributed by atoms with Crippen LogP contribution in [0.4, 0.5) is 0 Å². The molecule has 0 aliphatic heterocycles. The maximum atomic E-state index is 12.9. The second kappa shape index (κ2) is 6.47. The summed E-state index contributed by atoms with van der Waals surface area (Å²) in [7, 11) is 0. The number of hydrogen-bond donors (Lipinski definition) is 1. The number of carbonyl (C=O) groups is 2. The lowest BCUT2D eigenvalue weighted by atomic mass is 9.65. The average molecular weight is 334 g/mol. The van der Waals surface area contributed by atoms with Crippen LogP contribution in [0.1, 0.15) is 60.8 Å². The molecule has 0 radical (unpaired) electrons. The quantitative estimate of drug-likeness (QED) is 0.487. The summed E-state index contributed by atoms with van der Waals surface area (Å²) in [5, 5.41) is 11.6. The van der Waals surface area contributed by atoms with E-state index in [2.05, 4.69) is 0 Å². The number of ketones is 1. The van der Waals surface area contributed by atoms with E-state index in [1.807, 2.05) is 26.8 Å². The molecule has 2 aliphatic rings. The number of hydrogen-bond acceptors (Lipinski definition) is 4. The third-order valence-electron chi connectivity index (χ3n) is 6.20. The van der Waals surface area contributed by atoms with Crippen molar-refractivity contribution in [2.45, 2.75) is 72.5 Å². The van der Waals surface area contributed by atoms with Crippen molar-refractivity contribution in [1.29, 1.82) is 0 Å². The molecule has 0 bridgehead atoms. The summed E-state index contributed by atoms with van der Waals surface area (Å²) >= 11 is 0. The zero-order chi connectivity index (χ0) is 18.3. The van der Waals surface area contributed by atoms with Gasteiger partial charge in [0.2, 0.25) is 0 Å². The smallest absolute Gasteiger partial charge is 0.334 e. The Morgan fingerprint density at radius 2 is 2.08 bits per heavy atom. The van der Waals surface area contributed by atoms with Gasteiger partial charge in [0.05, 0.1) is 11.0 Å². The fraction of sp³-hybridized carbons (Fsp3) is 0.700. The van der Waals surface area contributed by atoms with Crippen molar-refractivity contribution in [2.75, 3.05) is 0 Å². The molecule has 4 nitrogen and oxygen atoms in total. The molecule has 1 saturated carbocycles. The molecule has 1 fully saturated rings. The van der Waals surface area contributed by atoms with Crippen LogP contribution in [0, 0.1) is 17.3 Å². The van der Waals surface area contributed by atoms with Crippen LogP contribution >= 0.6 is 0 Å². The number of carbonyl (C=O) groups excluding carboxylic acids is 2. The summed E-state index contributed by atoms with van der Waals surface area (Å²) in [5.74, 6) is -0.366. The lowest BCUT2D eigenvalue weighted by Gasteiger charge is -2.44. The first-order valence-corrected chi connectivity index (χ1v) is 8.84. The van der Waals surface area contributed by atoms with Crippen LogP contribution in [0.3, 0.4) is 0 Å². The maximum Gasteiger partial charge on any atom is 0.334 e. The van der Waals surface area contributed by atoms with Gasteiger partial charge in [-0.2, -0.15) is 0 Å². The Kier molecular flexibility index (Phi) is 5.10. The van der Waals surface area contributed by atoms with Crippen molar-refractivity contribution in [1.82, 2.24) is 0 Å². The van der Waals surface area contributed by atoms with E-state index in [0.717, 1.165) is 5.57 Å². The standard InChI is InChI=1S/C20H30O4/c1-7-14(5)18(22)24-17-10-13(4)8-9-20(23)15(12(2)3)11-16(21)19(17,20)6/h7,10,12,15,17,23H,8-9,11H2,1-6H3. The monoisotopic (exact) mass is 334 g/mol. The van der Waals surface area contributed by atoms with Gasteiger partial charge < -0.3 is 9.84 Å². The Morgan fingerprint density at radius 1 is 1.46 bits per heavy atom. The fourth-order valence-corrected chi connectivity index (χ4v) is 4.22. The van der Waals surface area contributed by atoms with Gasteiger partial charge in [-0.15, -0.1) is 0 Å². The lowest BCUT2D eigenvalue weighted by Crippen LogP contribution is -2.56. The van der Waals surface area contributed by atoms with E-state index in [9.17, 15) is 14.7 Å². The molecule has 0 aromatic carbocycles. The number of ether oxygens (including phenoxy) is 1. The summed E-state index contributed by atoms with van der Waals surface area (Å²) in [6.07, 6.45) is 4.39. The number of esters is 1. The number of allylic oxidation sites excluding steroid dienone is 2. The van der Waals surface area contributed by atoms with Gasteiger partial charge in [0.25, 0.3) is 0 Å². The highest BCUT2D eigenvalue weighted by Gasteiger charge is 2.66. The summed E-state index contributed by atoms with van der Waals surface area (Å²) in [6.45, 7) is 11.3. The maximum absolute atomic E-state index is 12.9. The topological polar surface area (TPSA) is 63.6 Å². The fourth-order valence-electron chi connectivity index (χ4n) is 4.22. The molecule has 0 amide bonds. The van der Waals surface area contributed by atoms with Crippen molar-refractivity contribution < 1.29 is 19.4 Å². The predicted molar refractivity (Wildman–Crippen MR) is 93.3 cm³/mol. The zero-order valence-electron chi connectivity index (χ0n) is 15.7. The molecule has 2 aliphatic carbocycles. The number of rotatable bonds is 3. The second-order valence-corrected chi connectivity index (χ2v) is 7.92. The van der Waals surface area contributed by atoms with Gasteiger partial charge in [-0.05, 0) is 58.4 Å². The lowest BCUT2D eigenvalue weighted by molar-refractivity contribution is -0.171. The molecule has 0 aromatic rings. The molecule has 2 rings (SSSR count). The number of Topliss-reactive ketones (excluding diaryl/α,β-unsaturated/α-hetero) is 1. The first-order valence-electron chi connectivity index (χ1n) is 8.84. The Hall–Kier alpha value is -1.42. The highest BCUT2D eigenvalue weighted by Crippen LogP contribution is 2.56. The minimum atomic E-state index is -1.15. The molecule has 24 heavy (non-hydrogen) atoms.